The lowest BCUT2D eigenvalue weighted by atomic mass is 10.1. The third-order valence-electron chi connectivity index (χ3n) is 5.08. The highest BCUT2D eigenvalue weighted by molar-refractivity contribution is 7.14. The van der Waals surface area contributed by atoms with Crippen LogP contribution in [0.5, 0.6) is 11.5 Å². The molecule has 1 fully saturated rings. The topological polar surface area (TPSA) is 96.0 Å². The fourth-order valence-corrected chi connectivity index (χ4v) is 4.10. The minimum absolute atomic E-state index is 0.0100. The van der Waals surface area contributed by atoms with Gasteiger partial charge >= 0.3 is 0 Å². The average Bonchev–Trinajstić information content (AvgIpc) is 3.26. The number of carbonyl (C=O) groups excluding carboxylic acids is 2. The van der Waals surface area contributed by atoms with Crippen LogP contribution in [0.4, 0.5) is 5.13 Å². The van der Waals surface area contributed by atoms with Gasteiger partial charge in [-0.05, 0) is 12.1 Å². The Morgan fingerprint density at radius 2 is 1.81 bits per heavy atom. The van der Waals surface area contributed by atoms with Crippen molar-refractivity contribution in [2.75, 3.05) is 65.3 Å². The number of anilines is 1. The summed E-state index contributed by atoms with van der Waals surface area (Å²) in [6, 6.07) is 5.53. The van der Waals surface area contributed by atoms with Crippen LogP contribution >= 0.6 is 11.3 Å². The molecule has 0 bridgehead atoms. The summed E-state index contributed by atoms with van der Waals surface area (Å²) in [6.07, 6.45) is 1.66. The van der Waals surface area contributed by atoms with Crippen LogP contribution in [0, 0.1) is 0 Å². The van der Waals surface area contributed by atoms with E-state index in [0.29, 0.717) is 29.7 Å². The van der Waals surface area contributed by atoms with E-state index in [1.807, 2.05) is 17.5 Å². The van der Waals surface area contributed by atoms with E-state index in [1.54, 1.807) is 26.4 Å². The van der Waals surface area contributed by atoms with Gasteiger partial charge in [0.25, 0.3) is 0 Å². The monoisotopic (exact) mass is 459 g/mol. The molecule has 10 heteroatoms. The van der Waals surface area contributed by atoms with Gasteiger partial charge in [-0.1, -0.05) is 6.08 Å². The number of methoxy groups -OCH3 is 2. The van der Waals surface area contributed by atoms with Crippen molar-refractivity contribution in [1.82, 2.24) is 20.1 Å². The lowest BCUT2D eigenvalue weighted by Gasteiger charge is -2.33. The van der Waals surface area contributed by atoms with E-state index in [0.717, 1.165) is 37.4 Å². The van der Waals surface area contributed by atoms with E-state index in [9.17, 15) is 9.59 Å². The number of aromatic nitrogens is 1. The zero-order valence-electron chi connectivity index (χ0n) is 18.4. The van der Waals surface area contributed by atoms with Crippen LogP contribution in [0.15, 0.2) is 36.2 Å². The maximum absolute atomic E-state index is 12.5. The summed E-state index contributed by atoms with van der Waals surface area (Å²) >= 11 is 1.37. The number of carbonyl (C=O) groups is 2. The molecule has 0 spiro atoms. The molecule has 1 aliphatic rings. The van der Waals surface area contributed by atoms with Crippen molar-refractivity contribution in [1.29, 1.82) is 0 Å². The van der Waals surface area contributed by atoms with E-state index in [2.05, 4.69) is 32.0 Å². The van der Waals surface area contributed by atoms with Gasteiger partial charge in [-0.2, -0.15) is 0 Å². The van der Waals surface area contributed by atoms with Crippen LogP contribution in [0.3, 0.4) is 0 Å². The first-order valence-electron chi connectivity index (χ1n) is 10.3. The molecule has 0 aliphatic carbocycles. The number of hydrogen-bond acceptors (Lipinski definition) is 8. The molecular weight excluding hydrogens is 430 g/mol. The first-order chi connectivity index (χ1) is 15.5. The van der Waals surface area contributed by atoms with E-state index in [4.69, 9.17) is 9.47 Å². The zero-order chi connectivity index (χ0) is 22.9. The Balaban J connectivity index is 1.48. The zero-order valence-corrected chi connectivity index (χ0v) is 19.2. The summed E-state index contributed by atoms with van der Waals surface area (Å²) in [5.41, 5.74) is 1.56. The molecule has 2 amide bonds. The van der Waals surface area contributed by atoms with Gasteiger partial charge in [-0.25, -0.2) is 4.98 Å². The molecule has 0 unspecified atom stereocenters. The van der Waals surface area contributed by atoms with Crippen molar-refractivity contribution < 1.29 is 19.1 Å². The minimum Gasteiger partial charge on any atom is -0.497 e. The van der Waals surface area contributed by atoms with Gasteiger partial charge in [0, 0.05) is 49.7 Å². The van der Waals surface area contributed by atoms with Crippen LogP contribution in [0.25, 0.3) is 11.3 Å². The predicted octanol–water partition coefficient (Wildman–Crippen LogP) is 1.69. The summed E-state index contributed by atoms with van der Waals surface area (Å²) in [7, 11) is 3.20. The van der Waals surface area contributed by atoms with Crippen molar-refractivity contribution in [3.8, 4) is 22.8 Å². The SMILES string of the molecule is C=CCNC(=O)CN1CCN(CC(=O)Nc2nc(-c3ccc(OC)cc3OC)cs2)CC1. The smallest absolute Gasteiger partial charge is 0.240 e. The molecule has 9 nitrogen and oxygen atoms in total. The normalized spacial score (nSPS) is 14.6. The number of rotatable bonds is 10. The van der Waals surface area contributed by atoms with E-state index >= 15 is 0 Å². The highest BCUT2D eigenvalue weighted by atomic mass is 32.1. The quantitative estimate of drug-likeness (QED) is 0.522. The number of amides is 2. The van der Waals surface area contributed by atoms with Gasteiger partial charge < -0.3 is 20.1 Å². The van der Waals surface area contributed by atoms with Crippen molar-refractivity contribution in [2.24, 2.45) is 0 Å². The lowest BCUT2D eigenvalue weighted by molar-refractivity contribution is -0.123. The summed E-state index contributed by atoms with van der Waals surface area (Å²) in [5.74, 6) is 1.24. The Hall–Kier alpha value is -2.95. The Morgan fingerprint density at radius 3 is 2.44 bits per heavy atom. The van der Waals surface area contributed by atoms with Crippen molar-refractivity contribution in [3.05, 3.63) is 36.2 Å². The second kappa shape index (κ2) is 11.6. The molecule has 32 heavy (non-hydrogen) atoms. The third-order valence-corrected chi connectivity index (χ3v) is 5.84. The minimum atomic E-state index is -0.107. The molecule has 3 rings (SSSR count). The van der Waals surface area contributed by atoms with Crippen LogP contribution in [-0.4, -0.2) is 86.6 Å². The van der Waals surface area contributed by atoms with E-state index < -0.39 is 0 Å². The van der Waals surface area contributed by atoms with Gasteiger partial charge in [0.1, 0.15) is 11.5 Å². The molecule has 2 aromatic rings. The largest absolute Gasteiger partial charge is 0.497 e. The van der Waals surface area contributed by atoms with Gasteiger partial charge in [0.05, 0.1) is 33.0 Å². The van der Waals surface area contributed by atoms with E-state index in [1.165, 1.54) is 11.3 Å². The fraction of sp³-hybridized carbons (Fsp3) is 0.409. The molecule has 1 aromatic carbocycles. The highest BCUT2D eigenvalue weighted by Crippen LogP contribution is 2.34. The first kappa shape index (κ1) is 23.7. The Labute approximate surface area is 192 Å². The maximum Gasteiger partial charge on any atom is 0.240 e. The number of thiazole rings is 1. The number of nitrogens with one attached hydrogen (secondary N) is 2. The molecule has 1 saturated heterocycles. The van der Waals surface area contributed by atoms with Gasteiger partial charge in [-0.3, -0.25) is 19.4 Å². The van der Waals surface area contributed by atoms with Crippen LogP contribution in [0.1, 0.15) is 0 Å². The third kappa shape index (κ3) is 6.52. The first-order valence-corrected chi connectivity index (χ1v) is 11.2. The Morgan fingerprint density at radius 1 is 1.12 bits per heavy atom. The molecular formula is C22H29N5O4S. The van der Waals surface area contributed by atoms with E-state index in [-0.39, 0.29) is 18.4 Å². The summed E-state index contributed by atoms with van der Waals surface area (Å²) in [5, 5.41) is 8.09. The van der Waals surface area contributed by atoms with Crippen LogP contribution in [0.2, 0.25) is 0 Å². The second-order valence-electron chi connectivity index (χ2n) is 7.30. The Bertz CT molecular complexity index is 940. The number of benzene rings is 1. The number of piperazine rings is 1. The molecule has 0 radical (unpaired) electrons. The molecule has 2 N–H and O–H groups in total. The lowest BCUT2D eigenvalue weighted by Crippen LogP contribution is -2.51. The fourth-order valence-electron chi connectivity index (χ4n) is 3.38. The molecule has 1 aromatic heterocycles. The molecule has 0 atom stereocenters. The highest BCUT2D eigenvalue weighted by Gasteiger charge is 2.21. The molecule has 0 saturated carbocycles. The molecule has 172 valence electrons. The summed E-state index contributed by atoms with van der Waals surface area (Å²) < 4.78 is 10.7. The van der Waals surface area contributed by atoms with Crippen molar-refractivity contribution >= 4 is 28.3 Å². The number of ether oxygens (including phenoxy) is 2. The van der Waals surface area contributed by atoms with Gasteiger partial charge in [0.15, 0.2) is 5.13 Å². The van der Waals surface area contributed by atoms with Crippen LogP contribution < -0.4 is 20.1 Å². The van der Waals surface area contributed by atoms with Crippen molar-refractivity contribution in [3.63, 3.8) is 0 Å². The van der Waals surface area contributed by atoms with Crippen LogP contribution in [-0.2, 0) is 9.59 Å². The molecule has 1 aliphatic heterocycles. The number of nitrogens with zero attached hydrogens (tertiary/aromatic N) is 3. The summed E-state index contributed by atoms with van der Waals surface area (Å²) in [4.78, 5) is 33.0. The van der Waals surface area contributed by atoms with Crippen molar-refractivity contribution in [2.45, 2.75) is 0 Å². The summed E-state index contributed by atoms with van der Waals surface area (Å²) in [6.45, 7) is 7.67. The van der Waals surface area contributed by atoms with Gasteiger partial charge in [0.2, 0.25) is 11.8 Å². The standard InChI is InChI=1S/C22H29N5O4S/c1-4-7-23-20(28)13-26-8-10-27(11-9-26)14-21(29)25-22-24-18(15-32-22)17-6-5-16(30-2)12-19(17)31-3/h4-6,12,15H,1,7-11,13-14H2,2-3H3,(H,23,28)(H,24,25,29). The Kier molecular flexibility index (Phi) is 8.60. The maximum atomic E-state index is 12.5. The number of hydrogen-bond donors (Lipinski definition) is 2. The molecule has 2 heterocycles. The predicted molar refractivity (Wildman–Crippen MR) is 125 cm³/mol. The average molecular weight is 460 g/mol. The van der Waals surface area contributed by atoms with Gasteiger partial charge in [-0.15, -0.1) is 17.9 Å². The second-order valence-corrected chi connectivity index (χ2v) is 8.16.